The third-order valence-corrected chi connectivity index (χ3v) is 6.02. The third kappa shape index (κ3) is 3.85. The quantitative estimate of drug-likeness (QED) is 0.623. The first-order valence-electron chi connectivity index (χ1n) is 10.4. The van der Waals surface area contributed by atoms with Crippen molar-refractivity contribution in [2.75, 3.05) is 0 Å². The molecule has 0 radical (unpaired) electrons. The summed E-state index contributed by atoms with van der Waals surface area (Å²) in [7, 11) is 0. The number of aromatic amines is 1. The first kappa shape index (κ1) is 19.8. The van der Waals surface area contributed by atoms with Gasteiger partial charge in [-0.15, -0.1) is 5.10 Å². The van der Waals surface area contributed by atoms with Crippen LogP contribution in [0.3, 0.4) is 0 Å². The van der Waals surface area contributed by atoms with E-state index in [1.807, 2.05) is 0 Å². The number of nitrogens with zero attached hydrogens (tertiary/aromatic N) is 3. The molecule has 2 N–H and O–H groups in total. The summed E-state index contributed by atoms with van der Waals surface area (Å²) in [5.74, 6) is 0.842. The van der Waals surface area contributed by atoms with Crippen molar-refractivity contribution in [2.24, 2.45) is 5.92 Å². The minimum atomic E-state index is -0.110. The van der Waals surface area contributed by atoms with Gasteiger partial charge in [0.1, 0.15) is 0 Å². The number of benzene rings is 1. The van der Waals surface area contributed by atoms with Crippen molar-refractivity contribution in [1.82, 2.24) is 24.5 Å². The van der Waals surface area contributed by atoms with E-state index >= 15 is 0 Å². The Morgan fingerprint density at radius 3 is 2.79 bits per heavy atom. The Hall–Kier alpha value is -2.48. The Bertz CT molecular complexity index is 1170. The van der Waals surface area contributed by atoms with Gasteiger partial charge in [0.05, 0.1) is 10.9 Å². The molecule has 1 saturated carbocycles. The molecule has 0 atom stereocenters. The highest BCUT2D eigenvalue weighted by atomic mass is 32.1. The summed E-state index contributed by atoms with van der Waals surface area (Å²) in [5, 5.41) is 10.7. The van der Waals surface area contributed by atoms with Crippen molar-refractivity contribution in [3.63, 3.8) is 0 Å². The SMILES string of the molecule is CC(C)CCn1c(=O)c2ccc(C(=O)NC3CCCCC3)cc2n2c(=S)[nH]nc12. The fraction of sp³-hybridized carbons (Fsp3) is 0.524. The molecular formula is C21H27N5O2S. The predicted molar refractivity (Wildman–Crippen MR) is 116 cm³/mol. The highest BCUT2D eigenvalue weighted by molar-refractivity contribution is 7.71. The van der Waals surface area contributed by atoms with E-state index in [0.29, 0.717) is 39.5 Å². The zero-order valence-corrected chi connectivity index (χ0v) is 17.7. The van der Waals surface area contributed by atoms with Crippen LogP contribution in [0.5, 0.6) is 0 Å². The zero-order chi connectivity index (χ0) is 20.5. The van der Waals surface area contributed by atoms with Crippen LogP contribution in [0, 0.1) is 10.7 Å². The van der Waals surface area contributed by atoms with E-state index in [4.69, 9.17) is 12.2 Å². The number of H-pyrrole nitrogens is 1. The van der Waals surface area contributed by atoms with Crippen LogP contribution < -0.4 is 10.9 Å². The van der Waals surface area contributed by atoms with Gasteiger partial charge in [0.2, 0.25) is 10.5 Å². The number of hydrogen-bond acceptors (Lipinski definition) is 4. The van der Waals surface area contributed by atoms with Crippen molar-refractivity contribution in [2.45, 2.75) is 65.0 Å². The van der Waals surface area contributed by atoms with Crippen molar-refractivity contribution in [1.29, 1.82) is 0 Å². The van der Waals surface area contributed by atoms with Gasteiger partial charge in [0, 0.05) is 18.2 Å². The largest absolute Gasteiger partial charge is 0.349 e. The average Bonchev–Trinajstić information content (AvgIpc) is 3.09. The summed E-state index contributed by atoms with van der Waals surface area (Å²) in [6.45, 7) is 4.81. The van der Waals surface area contributed by atoms with E-state index in [0.717, 1.165) is 32.1 Å². The van der Waals surface area contributed by atoms with E-state index in [9.17, 15) is 9.59 Å². The Balaban J connectivity index is 1.78. The summed E-state index contributed by atoms with van der Waals surface area (Å²) in [6, 6.07) is 5.43. The molecule has 1 amide bonds. The standard InChI is InChI=1S/C21H27N5O2S/c1-13(2)10-11-25-19(28)16-9-8-14(18(27)22-15-6-4-3-5-7-15)12-17(16)26-20(25)23-24-21(26)29/h8-9,12-13,15H,3-7,10-11H2,1-2H3,(H,22,27)(H,24,29). The van der Waals surface area contributed by atoms with Crippen molar-refractivity contribution >= 4 is 34.8 Å². The highest BCUT2D eigenvalue weighted by Gasteiger charge is 2.19. The molecule has 1 aromatic carbocycles. The zero-order valence-electron chi connectivity index (χ0n) is 16.9. The van der Waals surface area contributed by atoms with Crippen molar-refractivity contribution < 1.29 is 4.79 Å². The van der Waals surface area contributed by atoms with Crippen LogP contribution in [0.25, 0.3) is 16.7 Å². The van der Waals surface area contributed by atoms with Crippen LogP contribution >= 0.6 is 12.2 Å². The lowest BCUT2D eigenvalue weighted by Gasteiger charge is -2.22. The maximum absolute atomic E-state index is 13.1. The Labute approximate surface area is 174 Å². The van der Waals surface area contributed by atoms with Gasteiger partial charge < -0.3 is 5.32 Å². The lowest BCUT2D eigenvalue weighted by molar-refractivity contribution is 0.0928. The van der Waals surface area contributed by atoms with Gasteiger partial charge in [-0.25, -0.2) is 5.10 Å². The molecule has 0 unspecified atom stereocenters. The van der Waals surface area contributed by atoms with Crippen LogP contribution in [0.15, 0.2) is 23.0 Å². The first-order chi connectivity index (χ1) is 14.0. The number of nitrogens with one attached hydrogen (secondary N) is 2. The molecule has 29 heavy (non-hydrogen) atoms. The molecule has 0 spiro atoms. The molecule has 1 aliphatic carbocycles. The Morgan fingerprint density at radius 1 is 1.31 bits per heavy atom. The number of hydrogen-bond donors (Lipinski definition) is 2. The average molecular weight is 414 g/mol. The van der Waals surface area contributed by atoms with Crippen LogP contribution in [-0.2, 0) is 6.54 Å². The monoisotopic (exact) mass is 413 g/mol. The molecular weight excluding hydrogens is 386 g/mol. The highest BCUT2D eigenvalue weighted by Crippen LogP contribution is 2.20. The first-order valence-corrected chi connectivity index (χ1v) is 10.8. The van der Waals surface area contributed by atoms with Crippen molar-refractivity contribution in [3.8, 4) is 0 Å². The molecule has 3 aromatic rings. The number of aromatic nitrogens is 4. The second-order valence-electron chi connectivity index (χ2n) is 8.34. The predicted octanol–water partition coefficient (Wildman–Crippen LogP) is 3.82. The molecule has 2 aromatic heterocycles. The van der Waals surface area contributed by atoms with Gasteiger partial charge in [-0.1, -0.05) is 33.1 Å². The lowest BCUT2D eigenvalue weighted by Crippen LogP contribution is -2.36. The van der Waals surface area contributed by atoms with E-state index in [2.05, 4.69) is 29.4 Å². The van der Waals surface area contributed by atoms with Crippen LogP contribution in [-0.4, -0.2) is 31.1 Å². The summed E-state index contributed by atoms with van der Waals surface area (Å²) in [6.07, 6.45) is 6.46. The minimum Gasteiger partial charge on any atom is -0.349 e. The second kappa shape index (κ2) is 8.10. The van der Waals surface area contributed by atoms with E-state index in [1.54, 1.807) is 27.2 Å². The smallest absolute Gasteiger partial charge is 0.262 e. The topological polar surface area (TPSA) is 84.2 Å². The van der Waals surface area contributed by atoms with Gasteiger partial charge in [-0.3, -0.25) is 18.6 Å². The molecule has 0 bridgehead atoms. The lowest BCUT2D eigenvalue weighted by atomic mass is 9.95. The van der Waals surface area contributed by atoms with Crippen molar-refractivity contribution in [3.05, 3.63) is 38.9 Å². The van der Waals surface area contributed by atoms with Crippen LogP contribution in [0.2, 0.25) is 0 Å². The number of amides is 1. The molecule has 8 heteroatoms. The fourth-order valence-corrected chi connectivity index (χ4v) is 4.29. The Kier molecular flexibility index (Phi) is 5.54. The number of carbonyl (C=O) groups excluding carboxylic acids is 1. The molecule has 2 heterocycles. The van der Waals surface area contributed by atoms with E-state index in [-0.39, 0.29) is 17.5 Å². The van der Waals surface area contributed by atoms with E-state index < -0.39 is 0 Å². The minimum absolute atomic E-state index is 0.106. The van der Waals surface area contributed by atoms with Crippen LogP contribution in [0.1, 0.15) is 62.7 Å². The normalized spacial score (nSPS) is 15.4. The Morgan fingerprint density at radius 2 is 2.07 bits per heavy atom. The maximum atomic E-state index is 13.1. The van der Waals surface area contributed by atoms with Gasteiger partial charge >= 0.3 is 0 Å². The summed E-state index contributed by atoms with van der Waals surface area (Å²) < 4.78 is 3.83. The van der Waals surface area contributed by atoms with Crippen LogP contribution in [0.4, 0.5) is 0 Å². The van der Waals surface area contributed by atoms with Gasteiger partial charge in [0.15, 0.2) is 0 Å². The molecule has 1 aliphatic rings. The molecule has 7 nitrogen and oxygen atoms in total. The van der Waals surface area contributed by atoms with Gasteiger partial charge in [0.25, 0.3) is 11.5 Å². The molecule has 0 saturated heterocycles. The number of aryl methyl sites for hydroxylation is 1. The fourth-order valence-electron chi connectivity index (χ4n) is 4.07. The van der Waals surface area contributed by atoms with Gasteiger partial charge in [-0.2, -0.15) is 0 Å². The molecule has 154 valence electrons. The maximum Gasteiger partial charge on any atom is 0.262 e. The summed E-state index contributed by atoms with van der Waals surface area (Å²) >= 11 is 5.42. The summed E-state index contributed by atoms with van der Waals surface area (Å²) in [5.41, 5.74) is 1.04. The second-order valence-corrected chi connectivity index (χ2v) is 8.73. The third-order valence-electron chi connectivity index (χ3n) is 5.74. The number of carbonyl (C=O) groups is 1. The summed E-state index contributed by atoms with van der Waals surface area (Å²) in [4.78, 5) is 25.9. The number of rotatable bonds is 5. The molecule has 4 rings (SSSR count). The molecule has 1 fully saturated rings. The number of fused-ring (bicyclic) bond motifs is 3. The van der Waals surface area contributed by atoms with E-state index in [1.165, 1.54) is 6.42 Å². The molecule has 0 aliphatic heterocycles. The van der Waals surface area contributed by atoms with Gasteiger partial charge in [-0.05, 0) is 55.6 Å².